The monoisotopic (exact) mass is 239 g/mol. The topological polar surface area (TPSA) is 73.2 Å². The van der Waals surface area contributed by atoms with Gasteiger partial charge in [-0.05, 0) is 19.8 Å². The number of carbonyl (C=O) groups is 2. The lowest BCUT2D eigenvalue weighted by Gasteiger charge is -2.25. The van der Waals surface area contributed by atoms with E-state index in [4.69, 9.17) is 5.26 Å². The van der Waals surface area contributed by atoms with Crippen LogP contribution in [0.3, 0.4) is 0 Å². The fourth-order valence-electron chi connectivity index (χ4n) is 1.56. The van der Waals surface area contributed by atoms with Crippen molar-refractivity contribution in [1.82, 2.24) is 10.2 Å². The Morgan fingerprint density at radius 3 is 2.12 bits per heavy atom. The smallest absolute Gasteiger partial charge is 0.244 e. The van der Waals surface area contributed by atoms with Crippen LogP contribution in [0.5, 0.6) is 0 Å². The van der Waals surface area contributed by atoms with E-state index in [9.17, 15) is 9.59 Å². The first-order chi connectivity index (χ1) is 7.84. The highest BCUT2D eigenvalue weighted by molar-refractivity contribution is 5.91. The molecule has 0 aromatic heterocycles. The number of amides is 2. The SMILES string of the molecule is CCC(C#N)(CC)C(=O)NC(C)C(=O)N(C)C. The second kappa shape index (κ2) is 6.24. The van der Waals surface area contributed by atoms with Crippen LogP contribution in [0.25, 0.3) is 0 Å². The molecule has 1 unspecified atom stereocenters. The molecule has 1 atom stereocenters. The summed E-state index contributed by atoms with van der Waals surface area (Å²) in [5.41, 5.74) is -1.03. The Labute approximate surface area is 103 Å². The third-order valence-electron chi connectivity index (χ3n) is 3.01. The second-order valence-corrected chi connectivity index (χ2v) is 4.33. The molecule has 0 aromatic rings. The van der Waals surface area contributed by atoms with Crippen LogP contribution in [0.2, 0.25) is 0 Å². The van der Waals surface area contributed by atoms with Crippen LogP contribution >= 0.6 is 0 Å². The van der Waals surface area contributed by atoms with Crippen molar-refractivity contribution in [2.45, 2.75) is 39.7 Å². The van der Waals surface area contributed by atoms with E-state index in [1.165, 1.54) is 4.90 Å². The summed E-state index contributed by atoms with van der Waals surface area (Å²) in [5, 5.41) is 11.7. The summed E-state index contributed by atoms with van der Waals surface area (Å²) < 4.78 is 0. The molecule has 0 aliphatic rings. The van der Waals surface area contributed by atoms with Crippen molar-refractivity contribution >= 4 is 11.8 Å². The Bertz CT molecular complexity index is 327. The van der Waals surface area contributed by atoms with Gasteiger partial charge in [-0.15, -0.1) is 0 Å². The Morgan fingerprint density at radius 1 is 1.35 bits per heavy atom. The highest BCUT2D eigenvalue weighted by atomic mass is 16.2. The summed E-state index contributed by atoms with van der Waals surface area (Å²) in [6.07, 6.45) is 0.878. The highest BCUT2D eigenvalue weighted by Gasteiger charge is 2.36. The van der Waals surface area contributed by atoms with Gasteiger partial charge >= 0.3 is 0 Å². The van der Waals surface area contributed by atoms with Crippen LogP contribution in [0.1, 0.15) is 33.6 Å². The lowest BCUT2D eigenvalue weighted by Crippen LogP contribution is -2.49. The van der Waals surface area contributed by atoms with Crippen molar-refractivity contribution in [2.75, 3.05) is 14.1 Å². The summed E-state index contributed by atoms with van der Waals surface area (Å²) in [7, 11) is 3.25. The molecule has 0 bridgehead atoms. The molecule has 0 aliphatic carbocycles. The molecule has 0 radical (unpaired) electrons. The maximum absolute atomic E-state index is 12.0. The van der Waals surface area contributed by atoms with Gasteiger partial charge in [0.1, 0.15) is 11.5 Å². The third-order valence-corrected chi connectivity index (χ3v) is 3.01. The second-order valence-electron chi connectivity index (χ2n) is 4.33. The summed E-state index contributed by atoms with van der Waals surface area (Å²) >= 11 is 0. The summed E-state index contributed by atoms with van der Waals surface area (Å²) in [6.45, 7) is 5.21. The van der Waals surface area contributed by atoms with Crippen LogP contribution in [-0.2, 0) is 9.59 Å². The van der Waals surface area contributed by atoms with Crippen molar-refractivity contribution < 1.29 is 9.59 Å². The molecule has 0 fully saturated rings. The molecule has 0 saturated carbocycles. The van der Waals surface area contributed by atoms with E-state index in [0.29, 0.717) is 12.8 Å². The zero-order chi connectivity index (χ0) is 13.6. The maximum atomic E-state index is 12.0. The minimum absolute atomic E-state index is 0.183. The van der Waals surface area contributed by atoms with E-state index in [1.54, 1.807) is 34.9 Å². The molecule has 5 nitrogen and oxygen atoms in total. The minimum atomic E-state index is -1.03. The number of likely N-dealkylation sites (N-methyl/N-ethyl adjacent to an activating group) is 1. The first-order valence-corrected chi connectivity index (χ1v) is 5.78. The Hall–Kier alpha value is -1.57. The van der Waals surface area contributed by atoms with Crippen molar-refractivity contribution in [3.8, 4) is 6.07 Å². The molecule has 2 amide bonds. The van der Waals surface area contributed by atoms with Gasteiger partial charge < -0.3 is 10.2 Å². The Balaban J connectivity index is 4.75. The van der Waals surface area contributed by atoms with Gasteiger partial charge in [-0.3, -0.25) is 9.59 Å². The zero-order valence-electron chi connectivity index (χ0n) is 11.2. The average Bonchev–Trinajstić information content (AvgIpc) is 2.30. The number of nitrogens with one attached hydrogen (secondary N) is 1. The minimum Gasteiger partial charge on any atom is -0.347 e. The first-order valence-electron chi connectivity index (χ1n) is 5.78. The van der Waals surface area contributed by atoms with E-state index in [0.717, 1.165) is 0 Å². The number of rotatable bonds is 5. The van der Waals surface area contributed by atoms with E-state index in [-0.39, 0.29) is 11.8 Å². The molecular weight excluding hydrogens is 218 g/mol. The van der Waals surface area contributed by atoms with Crippen LogP contribution in [-0.4, -0.2) is 36.9 Å². The normalized spacial score (nSPS) is 12.5. The van der Waals surface area contributed by atoms with Crippen molar-refractivity contribution in [1.29, 1.82) is 5.26 Å². The van der Waals surface area contributed by atoms with Crippen LogP contribution < -0.4 is 5.32 Å². The quantitative estimate of drug-likeness (QED) is 0.775. The van der Waals surface area contributed by atoms with E-state index >= 15 is 0 Å². The fraction of sp³-hybridized carbons (Fsp3) is 0.750. The van der Waals surface area contributed by atoms with Crippen molar-refractivity contribution in [3.05, 3.63) is 0 Å². The lowest BCUT2D eigenvalue weighted by atomic mass is 9.83. The van der Waals surface area contributed by atoms with Crippen molar-refractivity contribution in [3.63, 3.8) is 0 Å². The van der Waals surface area contributed by atoms with Crippen LogP contribution in [0, 0.1) is 16.7 Å². The Morgan fingerprint density at radius 2 is 1.82 bits per heavy atom. The standard InChI is InChI=1S/C12H21N3O2/c1-6-12(7-2,8-13)11(17)14-9(3)10(16)15(4)5/h9H,6-7H2,1-5H3,(H,14,17). The van der Waals surface area contributed by atoms with Gasteiger partial charge in [-0.2, -0.15) is 5.26 Å². The van der Waals surface area contributed by atoms with E-state index < -0.39 is 11.5 Å². The fourth-order valence-corrected chi connectivity index (χ4v) is 1.56. The van der Waals surface area contributed by atoms with E-state index in [2.05, 4.69) is 11.4 Å². The van der Waals surface area contributed by atoms with Gasteiger partial charge in [0.2, 0.25) is 11.8 Å². The first kappa shape index (κ1) is 15.4. The average molecular weight is 239 g/mol. The zero-order valence-corrected chi connectivity index (χ0v) is 11.2. The van der Waals surface area contributed by atoms with Gasteiger partial charge in [-0.25, -0.2) is 0 Å². The van der Waals surface area contributed by atoms with Gasteiger partial charge in [0.15, 0.2) is 0 Å². The third kappa shape index (κ3) is 3.45. The molecule has 0 saturated heterocycles. The highest BCUT2D eigenvalue weighted by Crippen LogP contribution is 2.25. The Kier molecular flexibility index (Phi) is 5.66. The summed E-state index contributed by atoms with van der Waals surface area (Å²) in [5.74, 6) is -0.551. The number of nitriles is 1. The largest absolute Gasteiger partial charge is 0.347 e. The number of carbonyl (C=O) groups excluding carboxylic acids is 2. The molecule has 96 valence electrons. The molecular formula is C12H21N3O2. The molecule has 0 aliphatic heterocycles. The molecule has 0 heterocycles. The van der Waals surface area contributed by atoms with Crippen LogP contribution in [0.4, 0.5) is 0 Å². The van der Waals surface area contributed by atoms with Gasteiger partial charge in [0, 0.05) is 14.1 Å². The van der Waals surface area contributed by atoms with E-state index in [1.807, 2.05) is 0 Å². The predicted molar refractivity (Wildman–Crippen MR) is 64.9 cm³/mol. The van der Waals surface area contributed by atoms with Gasteiger partial charge in [0.25, 0.3) is 0 Å². The van der Waals surface area contributed by atoms with Crippen LogP contribution in [0.15, 0.2) is 0 Å². The summed E-state index contributed by atoms with van der Waals surface area (Å²) in [4.78, 5) is 25.0. The van der Waals surface area contributed by atoms with Gasteiger partial charge in [0.05, 0.1) is 6.07 Å². The molecule has 17 heavy (non-hydrogen) atoms. The molecule has 0 rings (SSSR count). The lowest BCUT2D eigenvalue weighted by molar-refractivity contribution is -0.136. The number of hydrogen-bond acceptors (Lipinski definition) is 3. The molecule has 0 aromatic carbocycles. The number of hydrogen-bond donors (Lipinski definition) is 1. The van der Waals surface area contributed by atoms with Crippen molar-refractivity contribution in [2.24, 2.45) is 5.41 Å². The molecule has 5 heteroatoms. The summed E-state index contributed by atoms with van der Waals surface area (Å²) in [6, 6.07) is 1.44. The number of nitrogens with zero attached hydrogens (tertiary/aromatic N) is 2. The predicted octanol–water partition coefficient (Wildman–Crippen LogP) is 0.909. The van der Waals surface area contributed by atoms with Gasteiger partial charge in [-0.1, -0.05) is 13.8 Å². The molecule has 0 spiro atoms. The maximum Gasteiger partial charge on any atom is 0.244 e. The molecule has 1 N–H and O–H groups in total.